The van der Waals surface area contributed by atoms with Gasteiger partial charge in [-0.15, -0.1) is 0 Å². The van der Waals surface area contributed by atoms with Crippen molar-refractivity contribution >= 4 is 65.4 Å². The van der Waals surface area contributed by atoms with Gasteiger partial charge in [0.15, 0.2) is 11.6 Å². The lowest BCUT2D eigenvalue weighted by atomic mass is 10.0. The van der Waals surface area contributed by atoms with Crippen molar-refractivity contribution < 1.29 is 0 Å². The number of hydrogen-bond donors (Lipinski definition) is 0. The van der Waals surface area contributed by atoms with Crippen molar-refractivity contribution in [3.05, 3.63) is 243 Å². The van der Waals surface area contributed by atoms with E-state index < -0.39 is 0 Å². The summed E-state index contributed by atoms with van der Waals surface area (Å²) in [6, 6.07) is 86.3. The third kappa shape index (κ3) is 6.16. The van der Waals surface area contributed by atoms with Crippen LogP contribution in [0.3, 0.4) is 0 Å². The van der Waals surface area contributed by atoms with Gasteiger partial charge >= 0.3 is 0 Å². The summed E-state index contributed by atoms with van der Waals surface area (Å²) in [5.74, 6) is 1.75. The van der Waals surface area contributed by atoms with Gasteiger partial charge in [0.2, 0.25) is 5.95 Å². The highest BCUT2D eigenvalue weighted by atomic mass is 15.2. The maximum Gasteiger partial charge on any atom is 0.238 e. The van der Waals surface area contributed by atoms with E-state index in [1.165, 1.54) is 21.7 Å². The summed E-state index contributed by atoms with van der Waals surface area (Å²) in [5.41, 5.74) is 15.1. The Hall–Kier alpha value is -9.39. The summed E-state index contributed by atoms with van der Waals surface area (Å²) >= 11 is 0. The summed E-state index contributed by atoms with van der Waals surface area (Å²) in [6.07, 6.45) is 0. The standard InChI is InChI=1S/C63H40N6/c1-5-20-41(21-6-1)44-26-19-27-45(38-44)62-64-61(43-24-9-3-10-25-43)65-63(66-62)69-57-35-18-14-31-49(57)52-37-36-51-48-30-13-16-33-55(48)68(59(51)60(52)69)47-39-53(42-22-7-2-8-23-42)58-54(40-47)50-32-15-17-34-56(50)67(58)46-28-11-4-12-29-46/h1-40H. The Kier molecular flexibility index (Phi) is 8.79. The lowest BCUT2D eigenvalue weighted by Gasteiger charge is -2.16. The molecule has 0 fully saturated rings. The Labute approximate surface area is 397 Å². The summed E-state index contributed by atoms with van der Waals surface area (Å²) in [4.78, 5) is 16.1. The average Bonchev–Trinajstić information content (AvgIpc) is 4.07. The van der Waals surface area contributed by atoms with E-state index in [9.17, 15) is 0 Å². The average molecular weight is 881 g/mol. The molecule has 69 heavy (non-hydrogen) atoms. The first-order valence-corrected chi connectivity index (χ1v) is 23.4. The fraction of sp³-hybridized carbons (Fsp3) is 0. The zero-order valence-electron chi connectivity index (χ0n) is 37.3. The van der Waals surface area contributed by atoms with Crippen LogP contribution >= 0.6 is 0 Å². The zero-order valence-corrected chi connectivity index (χ0v) is 37.3. The summed E-state index contributed by atoms with van der Waals surface area (Å²) < 4.78 is 7.18. The molecule has 0 amide bonds. The first-order chi connectivity index (χ1) is 34.2. The van der Waals surface area contributed by atoms with Crippen LogP contribution in [0.2, 0.25) is 0 Å². The van der Waals surface area contributed by atoms with Crippen LogP contribution in [0, 0.1) is 0 Å². The molecule has 0 bridgehead atoms. The highest BCUT2D eigenvalue weighted by Crippen LogP contribution is 2.45. The van der Waals surface area contributed by atoms with Gasteiger partial charge in [0.25, 0.3) is 0 Å². The van der Waals surface area contributed by atoms with Crippen LogP contribution in [-0.4, -0.2) is 28.7 Å². The van der Waals surface area contributed by atoms with E-state index in [1.54, 1.807) is 0 Å². The normalized spacial score (nSPS) is 11.8. The maximum absolute atomic E-state index is 5.46. The van der Waals surface area contributed by atoms with Gasteiger partial charge in [-0.2, -0.15) is 9.97 Å². The van der Waals surface area contributed by atoms with Gasteiger partial charge < -0.3 is 9.13 Å². The van der Waals surface area contributed by atoms with Crippen molar-refractivity contribution in [2.75, 3.05) is 0 Å². The second-order valence-electron chi connectivity index (χ2n) is 17.6. The molecule has 4 heterocycles. The minimum Gasteiger partial charge on any atom is -0.309 e. The minimum atomic E-state index is 0.547. The van der Waals surface area contributed by atoms with Gasteiger partial charge in [-0.05, 0) is 65.2 Å². The number of hydrogen-bond acceptors (Lipinski definition) is 3. The molecule has 14 rings (SSSR count). The minimum absolute atomic E-state index is 0.547. The number of para-hydroxylation sites is 4. The number of benzene rings is 10. The Bertz CT molecular complexity index is 4280. The zero-order chi connectivity index (χ0) is 45.4. The third-order valence-electron chi connectivity index (χ3n) is 13.7. The van der Waals surface area contributed by atoms with Crippen LogP contribution in [-0.2, 0) is 0 Å². The lowest BCUT2D eigenvalue weighted by molar-refractivity contribution is 0.953. The van der Waals surface area contributed by atoms with E-state index in [-0.39, 0.29) is 0 Å². The van der Waals surface area contributed by atoms with Crippen molar-refractivity contribution in [3.63, 3.8) is 0 Å². The Morgan fingerprint density at radius 1 is 0.246 bits per heavy atom. The second kappa shape index (κ2) is 15.6. The molecular formula is C63H40N6. The Balaban J connectivity index is 1.11. The molecule has 0 aliphatic rings. The smallest absolute Gasteiger partial charge is 0.238 e. The molecule has 6 nitrogen and oxygen atoms in total. The predicted octanol–water partition coefficient (Wildman–Crippen LogP) is 15.8. The molecular weight excluding hydrogens is 841 g/mol. The van der Waals surface area contributed by atoms with Gasteiger partial charge in [0.1, 0.15) is 0 Å². The van der Waals surface area contributed by atoms with Crippen molar-refractivity contribution in [3.8, 4) is 62.4 Å². The van der Waals surface area contributed by atoms with Crippen LogP contribution < -0.4 is 0 Å². The van der Waals surface area contributed by atoms with Crippen LogP contribution in [0.4, 0.5) is 0 Å². The highest BCUT2D eigenvalue weighted by molar-refractivity contribution is 6.24. The number of rotatable bonds is 7. The molecule has 4 aromatic heterocycles. The highest BCUT2D eigenvalue weighted by Gasteiger charge is 2.25. The van der Waals surface area contributed by atoms with Crippen molar-refractivity contribution in [2.24, 2.45) is 0 Å². The van der Waals surface area contributed by atoms with Crippen LogP contribution in [0.15, 0.2) is 243 Å². The molecule has 6 heteroatoms. The number of aromatic nitrogens is 6. The van der Waals surface area contributed by atoms with E-state index in [0.29, 0.717) is 17.6 Å². The Morgan fingerprint density at radius 3 is 1.32 bits per heavy atom. The lowest BCUT2D eigenvalue weighted by Crippen LogP contribution is -2.07. The van der Waals surface area contributed by atoms with E-state index >= 15 is 0 Å². The molecule has 0 saturated carbocycles. The van der Waals surface area contributed by atoms with Gasteiger partial charge in [0.05, 0.1) is 33.1 Å². The van der Waals surface area contributed by atoms with E-state index in [2.05, 4.69) is 232 Å². The number of fused-ring (bicyclic) bond motifs is 10. The molecule has 0 atom stereocenters. The molecule has 0 aliphatic heterocycles. The summed E-state index contributed by atoms with van der Waals surface area (Å²) in [6.45, 7) is 0. The second-order valence-corrected chi connectivity index (χ2v) is 17.6. The molecule has 322 valence electrons. The number of nitrogens with zero attached hydrogens (tertiary/aromatic N) is 6. The Morgan fingerprint density at radius 2 is 0.696 bits per heavy atom. The predicted molar refractivity (Wildman–Crippen MR) is 285 cm³/mol. The maximum atomic E-state index is 5.46. The third-order valence-corrected chi connectivity index (χ3v) is 13.7. The molecule has 10 aromatic carbocycles. The quantitative estimate of drug-likeness (QED) is 0.160. The largest absolute Gasteiger partial charge is 0.309 e. The van der Waals surface area contributed by atoms with Gasteiger partial charge in [-0.1, -0.05) is 194 Å². The van der Waals surface area contributed by atoms with E-state index in [0.717, 1.165) is 88.5 Å². The molecule has 0 radical (unpaired) electrons. The van der Waals surface area contributed by atoms with Crippen molar-refractivity contribution in [1.82, 2.24) is 28.7 Å². The van der Waals surface area contributed by atoms with Gasteiger partial charge in [-0.3, -0.25) is 4.57 Å². The molecule has 0 saturated heterocycles. The van der Waals surface area contributed by atoms with Gasteiger partial charge in [0, 0.05) is 60.4 Å². The summed E-state index contributed by atoms with van der Waals surface area (Å²) in [5, 5.41) is 6.91. The molecule has 0 spiro atoms. The topological polar surface area (TPSA) is 53.5 Å². The van der Waals surface area contributed by atoms with E-state index in [4.69, 9.17) is 15.0 Å². The SMILES string of the molecule is c1ccc(-c2cccc(-c3nc(-c4ccccc4)nc(-n4c5ccccc5c5ccc6c7ccccc7n(-c7cc(-c8ccccc8)c8c(c7)c7ccccc7n8-c7ccccc7)c6c54)n3)c2)cc1. The molecule has 0 unspecified atom stereocenters. The van der Waals surface area contributed by atoms with Crippen LogP contribution in [0.1, 0.15) is 0 Å². The monoisotopic (exact) mass is 880 g/mol. The van der Waals surface area contributed by atoms with E-state index in [1.807, 2.05) is 24.3 Å². The first kappa shape index (κ1) is 38.8. The molecule has 14 aromatic rings. The molecule has 0 aliphatic carbocycles. The van der Waals surface area contributed by atoms with Crippen LogP contribution in [0.5, 0.6) is 0 Å². The fourth-order valence-electron chi connectivity index (χ4n) is 10.6. The first-order valence-electron chi connectivity index (χ1n) is 23.4. The summed E-state index contributed by atoms with van der Waals surface area (Å²) in [7, 11) is 0. The fourth-order valence-corrected chi connectivity index (χ4v) is 10.6. The van der Waals surface area contributed by atoms with Gasteiger partial charge in [-0.25, -0.2) is 4.98 Å². The van der Waals surface area contributed by atoms with Crippen LogP contribution in [0.25, 0.3) is 128 Å². The van der Waals surface area contributed by atoms with Crippen molar-refractivity contribution in [2.45, 2.75) is 0 Å². The molecule has 0 N–H and O–H groups in total. The van der Waals surface area contributed by atoms with Crippen molar-refractivity contribution in [1.29, 1.82) is 0 Å².